The fourth-order valence-electron chi connectivity index (χ4n) is 3.67. The highest BCUT2D eigenvalue weighted by atomic mass is 35.5. The Bertz CT molecular complexity index is 1550. The summed E-state index contributed by atoms with van der Waals surface area (Å²) in [5.74, 6) is 0.296. The maximum atomic E-state index is 12.2. The summed E-state index contributed by atoms with van der Waals surface area (Å²) in [6.07, 6.45) is 4.95. The fraction of sp³-hybridized carbons (Fsp3) is 0.0370. The van der Waals surface area contributed by atoms with Gasteiger partial charge in [-0.1, -0.05) is 54.6 Å². The van der Waals surface area contributed by atoms with Gasteiger partial charge in [-0.05, 0) is 53.1 Å². The van der Waals surface area contributed by atoms with Gasteiger partial charge in [-0.3, -0.25) is 4.79 Å². The Labute approximate surface area is 212 Å². The van der Waals surface area contributed by atoms with Gasteiger partial charge in [0, 0.05) is 11.8 Å². The first-order chi connectivity index (χ1) is 17.5. The molecule has 0 unspecified atom stereocenters. The molecule has 0 saturated heterocycles. The van der Waals surface area contributed by atoms with Gasteiger partial charge in [-0.15, -0.1) is 0 Å². The molecule has 5 rings (SSSR count). The van der Waals surface area contributed by atoms with Crippen molar-refractivity contribution in [3.8, 4) is 0 Å². The van der Waals surface area contributed by atoms with Crippen LogP contribution in [0.5, 0.6) is 0 Å². The summed E-state index contributed by atoms with van der Waals surface area (Å²) in [6.45, 7) is 0.548. The molecule has 0 saturated carbocycles. The predicted molar refractivity (Wildman–Crippen MR) is 144 cm³/mol. The SMILES string of the molecule is Nc1ccccc1NC(=O)/C=C/c1ccc(Cn2cnc3c(Nc4ccccc4)nc(Cl)nc32)cc1. The highest BCUT2D eigenvalue weighted by molar-refractivity contribution is 6.28. The minimum Gasteiger partial charge on any atom is -0.397 e. The van der Waals surface area contributed by atoms with Gasteiger partial charge >= 0.3 is 0 Å². The van der Waals surface area contributed by atoms with Crippen LogP contribution in [0, 0.1) is 0 Å². The summed E-state index contributed by atoms with van der Waals surface area (Å²) in [4.78, 5) is 25.4. The van der Waals surface area contributed by atoms with Crippen molar-refractivity contribution >= 4 is 57.6 Å². The first kappa shape index (κ1) is 23.1. The van der Waals surface area contributed by atoms with E-state index in [4.69, 9.17) is 17.3 Å². The van der Waals surface area contributed by atoms with Gasteiger partial charge in [0.15, 0.2) is 17.0 Å². The summed E-state index contributed by atoms with van der Waals surface area (Å²) in [6, 6.07) is 24.7. The number of halogens is 1. The van der Waals surface area contributed by atoms with E-state index in [1.807, 2.05) is 71.3 Å². The second-order valence-electron chi connectivity index (χ2n) is 8.03. The molecule has 8 nitrogen and oxygen atoms in total. The number of anilines is 4. The predicted octanol–water partition coefficient (Wildman–Crippen LogP) is 5.51. The molecular weight excluding hydrogens is 474 g/mol. The average Bonchev–Trinajstić information content (AvgIpc) is 3.28. The quantitative estimate of drug-likeness (QED) is 0.156. The number of nitrogens with one attached hydrogen (secondary N) is 2. The fourth-order valence-corrected chi connectivity index (χ4v) is 3.83. The Hall–Kier alpha value is -4.69. The number of carbonyl (C=O) groups is 1. The zero-order valence-electron chi connectivity index (χ0n) is 19.1. The number of hydrogen-bond donors (Lipinski definition) is 3. The van der Waals surface area contributed by atoms with Crippen LogP contribution in [0.15, 0.2) is 91.3 Å². The van der Waals surface area contributed by atoms with E-state index < -0.39 is 0 Å². The van der Waals surface area contributed by atoms with Crippen LogP contribution in [-0.2, 0) is 11.3 Å². The molecule has 1 amide bonds. The molecule has 0 radical (unpaired) electrons. The van der Waals surface area contributed by atoms with Gasteiger partial charge in [0.1, 0.15) is 0 Å². The minimum absolute atomic E-state index is 0.138. The number of nitrogens with two attached hydrogens (primary N) is 1. The van der Waals surface area contributed by atoms with Gasteiger partial charge in [-0.2, -0.15) is 9.97 Å². The van der Waals surface area contributed by atoms with Crippen LogP contribution in [0.25, 0.3) is 17.2 Å². The lowest BCUT2D eigenvalue weighted by atomic mass is 10.1. The largest absolute Gasteiger partial charge is 0.397 e. The van der Waals surface area contributed by atoms with E-state index in [9.17, 15) is 4.79 Å². The number of carbonyl (C=O) groups excluding carboxylic acids is 1. The van der Waals surface area contributed by atoms with Crippen molar-refractivity contribution in [3.63, 3.8) is 0 Å². The molecule has 0 aliphatic carbocycles. The number of hydrogen-bond acceptors (Lipinski definition) is 6. The molecule has 0 fully saturated rings. The van der Waals surface area contributed by atoms with Crippen molar-refractivity contribution in [2.75, 3.05) is 16.4 Å². The number of para-hydroxylation sites is 3. The number of rotatable bonds is 7. The first-order valence-corrected chi connectivity index (χ1v) is 11.6. The molecule has 0 aliphatic heterocycles. The van der Waals surface area contributed by atoms with Gasteiger partial charge in [-0.25, -0.2) is 4.98 Å². The Morgan fingerprint density at radius 2 is 1.72 bits per heavy atom. The molecule has 4 N–H and O–H groups in total. The second kappa shape index (κ2) is 10.3. The molecule has 3 aromatic carbocycles. The van der Waals surface area contributed by atoms with Crippen LogP contribution in [-0.4, -0.2) is 25.4 Å². The van der Waals surface area contributed by atoms with Crippen LogP contribution in [0.4, 0.5) is 22.9 Å². The lowest BCUT2D eigenvalue weighted by molar-refractivity contribution is -0.111. The third-order valence-corrected chi connectivity index (χ3v) is 5.62. The normalized spacial score (nSPS) is 11.1. The van der Waals surface area contributed by atoms with Crippen molar-refractivity contribution in [1.82, 2.24) is 19.5 Å². The summed E-state index contributed by atoms with van der Waals surface area (Å²) < 4.78 is 1.92. The summed E-state index contributed by atoms with van der Waals surface area (Å²) >= 11 is 6.21. The number of benzene rings is 3. The number of imidazole rings is 1. The smallest absolute Gasteiger partial charge is 0.248 e. The van der Waals surface area contributed by atoms with E-state index in [1.54, 1.807) is 24.5 Å². The summed E-state index contributed by atoms with van der Waals surface area (Å²) in [7, 11) is 0. The summed E-state index contributed by atoms with van der Waals surface area (Å²) in [5.41, 5.74) is 11.1. The van der Waals surface area contributed by atoms with E-state index in [0.717, 1.165) is 16.8 Å². The Kier molecular flexibility index (Phi) is 6.59. The van der Waals surface area contributed by atoms with Crippen molar-refractivity contribution < 1.29 is 4.79 Å². The van der Waals surface area contributed by atoms with Crippen LogP contribution in [0.2, 0.25) is 5.28 Å². The molecular formula is C27H22ClN7O. The number of aromatic nitrogens is 4. The number of nitrogen functional groups attached to an aromatic ring is 1. The van der Waals surface area contributed by atoms with Crippen molar-refractivity contribution in [3.05, 3.63) is 108 Å². The van der Waals surface area contributed by atoms with E-state index in [-0.39, 0.29) is 11.2 Å². The van der Waals surface area contributed by atoms with E-state index in [1.165, 1.54) is 6.08 Å². The molecule has 0 aliphatic rings. The zero-order valence-corrected chi connectivity index (χ0v) is 19.9. The Morgan fingerprint density at radius 1 is 0.972 bits per heavy atom. The van der Waals surface area contributed by atoms with E-state index in [2.05, 4.69) is 25.6 Å². The van der Waals surface area contributed by atoms with E-state index >= 15 is 0 Å². The van der Waals surface area contributed by atoms with Crippen LogP contribution >= 0.6 is 11.6 Å². The molecule has 9 heteroatoms. The standard InChI is InChI=1S/C27H22ClN7O/c28-27-33-25(31-20-6-2-1-3-7-20)24-26(34-27)35(17-30-24)16-19-12-10-18(11-13-19)14-15-23(36)32-22-9-5-4-8-21(22)29/h1-15,17H,16,29H2,(H,32,36)(H,31,33,34)/b15-14+. The third kappa shape index (κ3) is 5.34. The molecule has 178 valence electrons. The van der Waals surface area contributed by atoms with Gasteiger partial charge in [0.05, 0.1) is 24.2 Å². The molecule has 2 heterocycles. The lowest BCUT2D eigenvalue weighted by Gasteiger charge is -2.08. The summed E-state index contributed by atoms with van der Waals surface area (Å²) in [5, 5.41) is 6.17. The topological polar surface area (TPSA) is 111 Å². The van der Waals surface area contributed by atoms with E-state index in [0.29, 0.717) is 34.9 Å². The van der Waals surface area contributed by atoms with Crippen LogP contribution < -0.4 is 16.4 Å². The maximum absolute atomic E-state index is 12.2. The third-order valence-electron chi connectivity index (χ3n) is 5.45. The monoisotopic (exact) mass is 495 g/mol. The molecule has 36 heavy (non-hydrogen) atoms. The number of amides is 1. The Morgan fingerprint density at radius 3 is 2.50 bits per heavy atom. The molecule has 0 atom stereocenters. The van der Waals surface area contributed by atoms with Crippen LogP contribution in [0.3, 0.4) is 0 Å². The van der Waals surface area contributed by atoms with Crippen LogP contribution in [0.1, 0.15) is 11.1 Å². The van der Waals surface area contributed by atoms with Gasteiger partial charge < -0.3 is 20.9 Å². The highest BCUT2D eigenvalue weighted by Crippen LogP contribution is 2.25. The minimum atomic E-state index is -0.252. The molecule has 0 spiro atoms. The zero-order chi connectivity index (χ0) is 24.9. The Balaban J connectivity index is 1.29. The van der Waals surface area contributed by atoms with Gasteiger partial charge in [0.2, 0.25) is 11.2 Å². The molecule has 2 aromatic heterocycles. The number of fused-ring (bicyclic) bond motifs is 1. The first-order valence-electron chi connectivity index (χ1n) is 11.2. The number of nitrogens with zero attached hydrogens (tertiary/aromatic N) is 4. The maximum Gasteiger partial charge on any atom is 0.248 e. The molecule has 5 aromatic rings. The average molecular weight is 496 g/mol. The van der Waals surface area contributed by atoms with Crippen molar-refractivity contribution in [2.45, 2.75) is 6.54 Å². The second-order valence-corrected chi connectivity index (χ2v) is 8.37. The molecule has 0 bridgehead atoms. The van der Waals surface area contributed by atoms with Crippen molar-refractivity contribution in [1.29, 1.82) is 0 Å². The van der Waals surface area contributed by atoms with Crippen molar-refractivity contribution in [2.24, 2.45) is 0 Å². The van der Waals surface area contributed by atoms with Gasteiger partial charge in [0.25, 0.3) is 0 Å². The lowest BCUT2D eigenvalue weighted by Crippen LogP contribution is -2.09. The highest BCUT2D eigenvalue weighted by Gasteiger charge is 2.13.